The van der Waals surface area contributed by atoms with Gasteiger partial charge in [-0.2, -0.15) is 11.8 Å². The molecule has 0 aromatic rings. The van der Waals surface area contributed by atoms with E-state index in [0.717, 1.165) is 5.75 Å². The number of hydrogen-bond donors (Lipinski definition) is 1. The Morgan fingerprint density at radius 3 is 2.57 bits per heavy atom. The van der Waals surface area contributed by atoms with Crippen LogP contribution in [-0.2, 0) is 14.4 Å². The number of rotatable bonds is 2. The second kappa shape index (κ2) is 4.45. The average Bonchev–Trinajstić information content (AvgIpc) is 2.15. The molecule has 1 unspecified atom stereocenters. The minimum absolute atomic E-state index is 0.259. The Morgan fingerprint density at radius 2 is 2.07 bits per heavy atom. The molecule has 1 aliphatic heterocycles. The quantitative estimate of drug-likeness (QED) is 0.503. The first kappa shape index (κ1) is 11.0. The summed E-state index contributed by atoms with van der Waals surface area (Å²) in [5.41, 5.74) is 0. The lowest BCUT2D eigenvalue weighted by molar-refractivity contribution is -0.156. The number of aliphatic carboxylic acids is 1. The van der Waals surface area contributed by atoms with Crippen LogP contribution >= 0.6 is 11.8 Å². The van der Waals surface area contributed by atoms with Crippen molar-refractivity contribution in [1.82, 2.24) is 4.90 Å². The fourth-order valence-electron chi connectivity index (χ4n) is 1.24. The Hall–Kier alpha value is -1.04. The van der Waals surface area contributed by atoms with E-state index in [1.54, 1.807) is 11.8 Å². The van der Waals surface area contributed by atoms with Crippen LogP contribution in [0.25, 0.3) is 0 Å². The SMILES string of the molecule is CC1CN(C(=O)C(=O)C(=O)O)CCS1. The predicted molar refractivity (Wildman–Crippen MR) is 51.1 cm³/mol. The van der Waals surface area contributed by atoms with E-state index in [2.05, 4.69) is 0 Å². The van der Waals surface area contributed by atoms with Crippen molar-refractivity contribution >= 4 is 29.4 Å². The Kier molecular flexibility index (Phi) is 3.51. The van der Waals surface area contributed by atoms with E-state index in [4.69, 9.17) is 5.11 Å². The monoisotopic (exact) mass is 217 g/mol. The molecule has 5 nitrogen and oxygen atoms in total. The molecule has 0 bridgehead atoms. The molecule has 1 aliphatic rings. The number of carboxylic acids is 1. The number of carboxylic acid groups (broad SMARTS) is 1. The van der Waals surface area contributed by atoms with Crippen LogP contribution in [0, 0.1) is 0 Å². The van der Waals surface area contributed by atoms with Gasteiger partial charge in [0.1, 0.15) is 0 Å². The molecular weight excluding hydrogens is 206 g/mol. The minimum Gasteiger partial charge on any atom is -0.475 e. The van der Waals surface area contributed by atoms with Gasteiger partial charge in [0.2, 0.25) is 0 Å². The third-order valence-corrected chi connectivity index (χ3v) is 3.05. The number of carbonyl (C=O) groups excluding carboxylic acids is 2. The Balaban J connectivity index is 2.60. The van der Waals surface area contributed by atoms with Crippen LogP contribution in [0.1, 0.15) is 6.92 Å². The van der Waals surface area contributed by atoms with Crippen LogP contribution in [0.15, 0.2) is 0 Å². The zero-order valence-corrected chi connectivity index (χ0v) is 8.54. The molecule has 1 heterocycles. The number of ketones is 1. The van der Waals surface area contributed by atoms with Gasteiger partial charge in [-0.1, -0.05) is 6.92 Å². The minimum atomic E-state index is -1.68. The van der Waals surface area contributed by atoms with Crippen LogP contribution in [0.5, 0.6) is 0 Å². The molecule has 1 amide bonds. The van der Waals surface area contributed by atoms with Crippen molar-refractivity contribution in [2.75, 3.05) is 18.8 Å². The van der Waals surface area contributed by atoms with E-state index in [0.29, 0.717) is 13.1 Å². The summed E-state index contributed by atoms with van der Waals surface area (Å²) >= 11 is 1.71. The molecule has 1 fully saturated rings. The van der Waals surface area contributed by atoms with Gasteiger partial charge in [-0.25, -0.2) is 4.79 Å². The van der Waals surface area contributed by atoms with E-state index in [1.165, 1.54) is 4.90 Å². The maximum Gasteiger partial charge on any atom is 0.382 e. The summed E-state index contributed by atoms with van der Waals surface area (Å²) < 4.78 is 0. The van der Waals surface area contributed by atoms with Gasteiger partial charge in [-0.15, -0.1) is 0 Å². The van der Waals surface area contributed by atoms with E-state index in [-0.39, 0.29) is 5.25 Å². The van der Waals surface area contributed by atoms with Gasteiger partial charge in [-0.05, 0) is 0 Å². The first-order valence-corrected chi connectivity index (χ1v) is 5.25. The summed E-state index contributed by atoms with van der Waals surface area (Å²) in [6.45, 7) is 2.84. The topological polar surface area (TPSA) is 74.7 Å². The van der Waals surface area contributed by atoms with Crippen molar-refractivity contribution in [3.63, 3.8) is 0 Å². The van der Waals surface area contributed by atoms with Gasteiger partial charge in [0.15, 0.2) is 0 Å². The average molecular weight is 217 g/mol. The highest BCUT2D eigenvalue weighted by Gasteiger charge is 2.30. The smallest absolute Gasteiger partial charge is 0.382 e. The number of Topliss-reactive ketones (excluding diaryl/α,β-unsaturated/α-hetero) is 1. The van der Waals surface area contributed by atoms with Gasteiger partial charge in [-0.3, -0.25) is 9.59 Å². The van der Waals surface area contributed by atoms with Gasteiger partial charge in [0.25, 0.3) is 0 Å². The molecule has 14 heavy (non-hydrogen) atoms. The maximum absolute atomic E-state index is 11.3. The molecule has 0 spiro atoms. The maximum atomic E-state index is 11.3. The van der Waals surface area contributed by atoms with Crippen LogP contribution < -0.4 is 0 Å². The standard InChI is InChI=1S/C8H11NO4S/c1-5-4-9(2-3-14-5)7(11)6(10)8(12)13/h5H,2-4H2,1H3,(H,12,13). The Labute approximate surface area is 85.4 Å². The molecule has 0 aromatic heterocycles. The highest BCUT2D eigenvalue weighted by atomic mass is 32.2. The van der Waals surface area contributed by atoms with Gasteiger partial charge < -0.3 is 10.0 Å². The van der Waals surface area contributed by atoms with E-state index in [1.807, 2.05) is 6.92 Å². The first-order chi connectivity index (χ1) is 6.52. The first-order valence-electron chi connectivity index (χ1n) is 4.20. The number of amides is 1. The van der Waals surface area contributed by atoms with Crippen LogP contribution in [-0.4, -0.2) is 51.8 Å². The Morgan fingerprint density at radius 1 is 1.43 bits per heavy atom. The zero-order chi connectivity index (χ0) is 10.7. The number of hydrogen-bond acceptors (Lipinski definition) is 4. The lowest BCUT2D eigenvalue weighted by Gasteiger charge is -2.29. The number of nitrogens with zero attached hydrogens (tertiary/aromatic N) is 1. The van der Waals surface area contributed by atoms with Crippen molar-refractivity contribution < 1.29 is 19.5 Å². The fraction of sp³-hybridized carbons (Fsp3) is 0.625. The lowest BCUT2D eigenvalue weighted by Crippen LogP contribution is -2.46. The normalized spacial score (nSPS) is 21.8. The highest BCUT2D eigenvalue weighted by Crippen LogP contribution is 2.17. The van der Waals surface area contributed by atoms with Gasteiger partial charge >= 0.3 is 17.7 Å². The Bertz CT molecular complexity index is 279. The zero-order valence-electron chi connectivity index (χ0n) is 7.73. The molecular formula is C8H11NO4S. The molecule has 0 aromatic carbocycles. The molecule has 1 rings (SSSR count). The molecule has 1 N–H and O–H groups in total. The summed E-state index contributed by atoms with van der Waals surface area (Å²) in [5, 5.41) is 8.61. The highest BCUT2D eigenvalue weighted by molar-refractivity contribution is 7.99. The molecule has 0 aliphatic carbocycles. The van der Waals surface area contributed by atoms with E-state index in [9.17, 15) is 14.4 Å². The molecule has 1 atom stereocenters. The summed E-state index contributed by atoms with van der Waals surface area (Å²) in [6.07, 6.45) is 0. The molecule has 0 radical (unpaired) electrons. The number of carbonyl (C=O) groups is 3. The molecule has 6 heteroatoms. The molecule has 0 saturated carbocycles. The predicted octanol–water partition coefficient (Wildman–Crippen LogP) is -0.396. The largest absolute Gasteiger partial charge is 0.475 e. The third kappa shape index (κ3) is 2.47. The second-order valence-corrected chi connectivity index (χ2v) is 4.61. The molecule has 1 saturated heterocycles. The van der Waals surface area contributed by atoms with Gasteiger partial charge in [0, 0.05) is 24.1 Å². The van der Waals surface area contributed by atoms with Crippen molar-refractivity contribution in [1.29, 1.82) is 0 Å². The summed E-state index contributed by atoms with van der Waals surface area (Å²) in [7, 11) is 0. The van der Waals surface area contributed by atoms with Crippen LogP contribution in [0.3, 0.4) is 0 Å². The van der Waals surface area contributed by atoms with Gasteiger partial charge in [0.05, 0.1) is 0 Å². The van der Waals surface area contributed by atoms with Crippen molar-refractivity contribution in [3.8, 4) is 0 Å². The van der Waals surface area contributed by atoms with Crippen molar-refractivity contribution in [3.05, 3.63) is 0 Å². The van der Waals surface area contributed by atoms with Crippen LogP contribution in [0.4, 0.5) is 0 Å². The number of thioether (sulfide) groups is 1. The van der Waals surface area contributed by atoms with Crippen molar-refractivity contribution in [2.24, 2.45) is 0 Å². The second-order valence-electron chi connectivity index (χ2n) is 3.07. The summed E-state index contributed by atoms with van der Waals surface area (Å²) in [4.78, 5) is 33.7. The lowest BCUT2D eigenvalue weighted by atomic mass is 10.3. The molecule has 78 valence electrons. The van der Waals surface area contributed by atoms with E-state index < -0.39 is 17.7 Å². The summed E-state index contributed by atoms with van der Waals surface area (Å²) in [6, 6.07) is 0. The van der Waals surface area contributed by atoms with Crippen LogP contribution in [0.2, 0.25) is 0 Å². The third-order valence-electron chi connectivity index (χ3n) is 1.92. The summed E-state index contributed by atoms with van der Waals surface area (Å²) in [5.74, 6) is -3.17. The van der Waals surface area contributed by atoms with Crippen molar-refractivity contribution in [2.45, 2.75) is 12.2 Å². The van der Waals surface area contributed by atoms with E-state index >= 15 is 0 Å². The fourth-order valence-corrected chi connectivity index (χ4v) is 2.25.